The molecule has 0 radical (unpaired) electrons. The summed E-state index contributed by atoms with van der Waals surface area (Å²) in [5, 5.41) is 4.09. The van der Waals surface area contributed by atoms with E-state index in [1.807, 2.05) is 30.5 Å². The number of hydrogen-bond acceptors (Lipinski definition) is 4. The van der Waals surface area contributed by atoms with Crippen LogP contribution in [0, 0.1) is 0 Å². The molecule has 0 aliphatic carbocycles. The Morgan fingerprint density at radius 2 is 2.20 bits per heavy atom. The first-order valence-corrected chi connectivity index (χ1v) is 6.24. The van der Waals surface area contributed by atoms with Gasteiger partial charge in [0.25, 0.3) is 0 Å². The molecule has 0 aliphatic heterocycles. The van der Waals surface area contributed by atoms with Gasteiger partial charge in [0.15, 0.2) is 5.65 Å². The van der Waals surface area contributed by atoms with Gasteiger partial charge in [0.05, 0.1) is 6.20 Å². The fourth-order valence-electron chi connectivity index (χ4n) is 1.98. The van der Waals surface area contributed by atoms with Crippen LogP contribution < -0.4 is 10.5 Å². The number of benzene rings is 1. The normalized spacial score (nSPS) is 10.6. The first-order chi connectivity index (χ1) is 9.76. The van der Waals surface area contributed by atoms with Crippen LogP contribution >= 0.6 is 0 Å². The van der Waals surface area contributed by atoms with Gasteiger partial charge in [-0.25, -0.2) is 4.52 Å². The van der Waals surface area contributed by atoms with Gasteiger partial charge < -0.3 is 10.5 Å². The molecule has 100 valence electrons. The molecule has 0 aliphatic rings. The van der Waals surface area contributed by atoms with E-state index >= 15 is 0 Å². The maximum atomic E-state index is 5.84. The minimum Gasteiger partial charge on any atom is -0.439 e. The minimum absolute atomic E-state index is 0.521. The lowest BCUT2D eigenvalue weighted by atomic mass is 10.1. The molecule has 0 unspecified atom stereocenters. The third kappa shape index (κ3) is 2.33. The lowest BCUT2D eigenvalue weighted by molar-refractivity contribution is 0.458. The van der Waals surface area contributed by atoms with Gasteiger partial charge in [-0.15, -0.1) is 6.58 Å². The molecule has 2 N–H and O–H groups in total. The summed E-state index contributed by atoms with van der Waals surface area (Å²) in [5.41, 5.74) is 8.22. The van der Waals surface area contributed by atoms with Crippen molar-refractivity contribution >= 4 is 11.3 Å². The average molecular weight is 266 g/mol. The standard InChI is InChI=1S/C15H14N4O/c1-2-3-11-10-12(16)4-5-13(11)20-15-7-9-19-14(18-15)6-8-17-19/h2,4-10H,1,3,16H2. The smallest absolute Gasteiger partial charge is 0.222 e. The number of fused-ring (bicyclic) bond motifs is 1. The number of anilines is 1. The molecule has 0 bridgehead atoms. The van der Waals surface area contributed by atoms with Crippen LogP contribution in [0.15, 0.2) is 55.4 Å². The Morgan fingerprint density at radius 1 is 1.30 bits per heavy atom. The molecule has 2 heterocycles. The van der Waals surface area contributed by atoms with E-state index in [0.717, 1.165) is 17.0 Å². The number of rotatable bonds is 4. The Labute approximate surface area is 116 Å². The second kappa shape index (κ2) is 5.05. The van der Waals surface area contributed by atoms with E-state index in [4.69, 9.17) is 10.5 Å². The summed E-state index contributed by atoms with van der Waals surface area (Å²) in [6.07, 6.45) is 6.01. The molecule has 1 aromatic carbocycles. The predicted molar refractivity (Wildman–Crippen MR) is 77.8 cm³/mol. The van der Waals surface area contributed by atoms with Gasteiger partial charge in [0.1, 0.15) is 5.75 Å². The van der Waals surface area contributed by atoms with Crippen LogP contribution in [0.5, 0.6) is 11.6 Å². The summed E-state index contributed by atoms with van der Waals surface area (Å²) < 4.78 is 7.52. The summed E-state index contributed by atoms with van der Waals surface area (Å²) in [6, 6.07) is 9.12. The maximum absolute atomic E-state index is 5.84. The molecule has 0 saturated carbocycles. The molecular weight excluding hydrogens is 252 g/mol. The molecule has 5 heteroatoms. The minimum atomic E-state index is 0.521. The van der Waals surface area contributed by atoms with Crippen molar-refractivity contribution in [2.24, 2.45) is 0 Å². The van der Waals surface area contributed by atoms with Gasteiger partial charge in [-0.2, -0.15) is 10.1 Å². The summed E-state index contributed by atoms with van der Waals surface area (Å²) in [5.74, 6) is 1.25. The van der Waals surface area contributed by atoms with Crippen LogP contribution in [0.4, 0.5) is 5.69 Å². The third-order valence-electron chi connectivity index (χ3n) is 2.90. The average Bonchev–Trinajstić information content (AvgIpc) is 2.89. The maximum Gasteiger partial charge on any atom is 0.222 e. The van der Waals surface area contributed by atoms with Crippen molar-refractivity contribution < 1.29 is 4.74 Å². The van der Waals surface area contributed by atoms with Gasteiger partial charge in [0, 0.05) is 29.6 Å². The Hall–Kier alpha value is -2.82. The number of aromatic nitrogens is 3. The second-order valence-electron chi connectivity index (χ2n) is 4.36. The zero-order valence-electron chi connectivity index (χ0n) is 10.9. The number of allylic oxidation sites excluding steroid dienone is 1. The first-order valence-electron chi connectivity index (χ1n) is 6.24. The molecule has 2 aromatic heterocycles. The highest BCUT2D eigenvalue weighted by atomic mass is 16.5. The number of nitrogens with zero attached hydrogens (tertiary/aromatic N) is 3. The Morgan fingerprint density at radius 3 is 3.05 bits per heavy atom. The van der Waals surface area contributed by atoms with E-state index in [9.17, 15) is 0 Å². The number of nitrogens with two attached hydrogens (primary N) is 1. The Bertz CT molecular complexity index is 763. The van der Waals surface area contributed by atoms with Crippen molar-refractivity contribution in [2.75, 3.05) is 5.73 Å². The second-order valence-corrected chi connectivity index (χ2v) is 4.36. The molecule has 3 rings (SSSR count). The molecule has 3 aromatic rings. The van der Waals surface area contributed by atoms with Crippen LogP contribution in [0.1, 0.15) is 5.56 Å². The van der Waals surface area contributed by atoms with E-state index < -0.39 is 0 Å². The number of hydrogen-bond donors (Lipinski definition) is 1. The quantitative estimate of drug-likeness (QED) is 0.582. The fraction of sp³-hybridized carbons (Fsp3) is 0.0667. The van der Waals surface area contributed by atoms with Crippen molar-refractivity contribution in [3.8, 4) is 11.6 Å². The molecule has 0 fully saturated rings. The van der Waals surface area contributed by atoms with Gasteiger partial charge in [0.2, 0.25) is 5.88 Å². The van der Waals surface area contributed by atoms with Gasteiger partial charge in [-0.05, 0) is 24.6 Å². The summed E-state index contributed by atoms with van der Waals surface area (Å²) >= 11 is 0. The van der Waals surface area contributed by atoms with E-state index in [1.54, 1.807) is 22.8 Å². The van der Waals surface area contributed by atoms with Crippen LogP contribution in [-0.2, 0) is 6.42 Å². The molecule has 0 saturated heterocycles. The molecule has 20 heavy (non-hydrogen) atoms. The van der Waals surface area contributed by atoms with Crippen molar-refractivity contribution in [1.29, 1.82) is 0 Å². The van der Waals surface area contributed by atoms with Crippen molar-refractivity contribution in [2.45, 2.75) is 6.42 Å². The molecule has 0 spiro atoms. The van der Waals surface area contributed by atoms with Gasteiger partial charge in [-0.3, -0.25) is 0 Å². The van der Waals surface area contributed by atoms with Crippen molar-refractivity contribution in [3.05, 3.63) is 60.9 Å². The molecular formula is C15H14N4O. The fourth-order valence-corrected chi connectivity index (χ4v) is 1.98. The highest BCUT2D eigenvalue weighted by molar-refractivity contribution is 5.49. The lowest BCUT2D eigenvalue weighted by Crippen LogP contribution is -1.96. The van der Waals surface area contributed by atoms with E-state index in [-0.39, 0.29) is 0 Å². The van der Waals surface area contributed by atoms with E-state index in [2.05, 4.69) is 16.7 Å². The monoisotopic (exact) mass is 266 g/mol. The number of nitrogen functional groups attached to an aromatic ring is 1. The van der Waals surface area contributed by atoms with Crippen LogP contribution in [0.2, 0.25) is 0 Å². The molecule has 0 amide bonds. The zero-order valence-corrected chi connectivity index (χ0v) is 10.9. The predicted octanol–water partition coefficient (Wildman–Crippen LogP) is 2.83. The van der Waals surface area contributed by atoms with Crippen molar-refractivity contribution in [3.63, 3.8) is 0 Å². The van der Waals surface area contributed by atoms with Crippen LogP contribution in [-0.4, -0.2) is 14.6 Å². The Balaban J connectivity index is 1.95. The van der Waals surface area contributed by atoms with E-state index in [0.29, 0.717) is 18.0 Å². The van der Waals surface area contributed by atoms with Gasteiger partial charge in [-0.1, -0.05) is 6.08 Å². The lowest BCUT2D eigenvalue weighted by Gasteiger charge is -2.10. The van der Waals surface area contributed by atoms with Crippen LogP contribution in [0.25, 0.3) is 5.65 Å². The third-order valence-corrected chi connectivity index (χ3v) is 2.90. The highest BCUT2D eigenvalue weighted by Gasteiger charge is 2.06. The van der Waals surface area contributed by atoms with Crippen molar-refractivity contribution in [1.82, 2.24) is 14.6 Å². The summed E-state index contributed by atoms with van der Waals surface area (Å²) in [6.45, 7) is 3.74. The molecule has 5 nitrogen and oxygen atoms in total. The highest BCUT2D eigenvalue weighted by Crippen LogP contribution is 2.26. The van der Waals surface area contributed by atoms with Crippen LogP contribution in [0.3, 0.4) is 0 Å². The zero-order chi connectivity index (χ0) is 13.9. The topological polar surface area (TPSA) is 65.4 Å². The van der Waals surface area contributed by atoms with Gasteiger partial charge >= 0.3 is 0 Å². The summed E-state index contributed by atoms with van der Waals surface area (Å²) in [7, 11) is 0. The first kappa shape index (κ1) is 12.2. The largest absolute Gasteiger partial charge is 0.439 e. The number of ether oxygens (including phenoxy) is 1. The summed E-state index contributed by atoms with van der Waals surface area (Å²) in [4.78, 5) is 4.38. The SMILES string of the molecule is C=CCc1cc(N)ccc1Oc1ccn2nccc2n1. The Kier molecular flexibility index (Phi) is 3.09. The van der Waals surface area contributed by atoms with E-state index in [1.165, 1.54) is 0 Å². The molecule has 0 atom stereocenters.